The van der Waals surface area contributed by atoms with Gasteiger partial charge in [0.25, 0.3) is 0 Å². The first-order valence-corrected chi connectivity index (χ1v) is 5.72. The maximum Gasteiger partial charge on any atom is 0.160 e. The van der Waals surface area contributed by atoms with E-state index in [-0.39, 0.29) is 0 Å². The van der Waals surface area contributed by atoms with E-state index in [1.54, 1.807) is 14.2 Å². The molecule has 0 radical (unpaired) electrons. The summed E-state index contributed by atoms with van der Waals surface area (Å²) >= 11 is 0. The van der Waals surface area contributed by atoms with Crippen LogP contribution >= 0.6 is 0 Å². The number of hydrogen-bond donors (Lipinski definition) is 1. The molecule has 16 heavy (non-hydrogen) atoms. The van der Waals surface area contributed by atoms with Gasteiger partial charge < -0.3 is 15.2 Å². The van der Waals surface area contributed by atoms with Crippen molar-refractivity contribution in [1.82, 2.24) is 0 Å². The molecule has 0 atom stereocenters. The normalized spacial score (nSPS) is 9.06. The van der Waals surface area contributed by atoms with E-state index in [4.69, 9.17) is 15.2 Å². The van der Waals surface area contributed by atoms with Crippen LogP contribution in [0.25, 0.3) is 0 Å². The molecule has 1 rings (SSSR count). The van der Waals surface area contributed by atoms with Crippen LogP contribution in [0.5, 0.6) is 11.5 Å². The van der Waals surface area contributed by atoms with Crippen LogP contribution < -0.4 is 15.2 Å². The Morgan fingerprint density at radius 3 is 2.19 bits per heavy atom. The highest BCUT2D eigenvalue weighted by molar-refractivity contribution is 5.42. The third-order valence-electron chi connectivity index (χ3n) is 2.12. The van der Waals surface area contributed by atoms with E-state index in [1.807, 2.05) is 32.0 Å². The summed E-state index contributed by atoms with van der Waals surface area (Å²) in [5, 5.41) is 0. The van der Waals surface area contributed by atoms with Gasteiger partial charge in [0.05, 0.1) is 14.2 Å². The Morgan fingerprint density at radius 2 is 1.69 bits per heavy atom. The summed E-state index contributed by atoms with van der Waals surface area (Å²) in [5.74, 6) is 1.55. The van der Waals surface area contributed by atoms with Gasteiger partial charge in [0.1, 0.15) is 0 Å². The lowest BCUT2D eigenvalue weighted by atomic mass is 10.1. The van der Waals surface area contributed by atoms with Crippen LogP contribution in [-0.4, -0.2) is 20.8 Å². The molecule has 0 aliphatic carbocycles. The molecular formula is C13H23NO2. The summed E-state index contributed by atoms with van der Waals surface area (Å²) in [6.07, 6.45) is 1.98. The van der Waals surface area contributed by atoms with Crippen molar-refractivity contribution in [3.8, 4) is 11.5 Å². The lowest BCUT2D eigenvalue weighted by molar-refractivity contribution is 0.354. The molecule has 92 valence electrons. The Balaban J connectivity index is 0.00000106. The van der Waals surface area contributed by atoms with Crippen molar-refractivity contribution in [2.75, 3.05) is 20.8 Å². The molecule has 0 saturated heterocycles. The van der Waals surface area contributed by atoms with Gasteiger partial charge in [-0.3, -0.25) is 0 Å². The minimum atomic E-state index is 0.717. The minimum absolute atomic E-state index is 0.717. The lowest BCUT2D eigenvalue weighted by Gasteiger charge is -2.09. The molecule has 0 saturated carbocycles. The second-order valence-corrected chi connectivity index (χ2v) is 3.08. The van der Waals surface area contributed by atoms with Gasteiger partial charge in [0.15, 0.2) is 11.5 Å². The van der Waals surface area contributed by atoms with E-state index in [0.717, 1.165) is 24.3 Å². The van der Waals surface area contributed by atoms with E-state index >= 15 is 0 Å². The smallest absolute Gasteiger partial charge is 0.160 e. The summed E-state index contributed by atoms with van der Waals surface area (Å²) in [5.41, 5.74) is 6.68. The first-order valence-electron chi connectivity index (χ1n) is 5.72. The number of nitrogens with two attached hydrogens (primary N) is 1. The standard InChI is InChI=1S/C11H17NO2.C2H6/c1-13-10-6-5-9(4-3-7-12)8-11(10)14-2;1-2/h5-6,8H,3-4,7,12H2,1-2H3;1-2H3. The van der Waals surface area contributed by atoms with Crippen LogP contribution in [-0.2, 0) is 6.42 Å². The fourth-order valence-electron chi connectivity index (χ4n) is 1.34. The topological polar surface area (TPSA) is 44.5 Å². The molecule has 0 fully saturated rings. The molecule has 0 aliphatic heterocycles. The van der Waals surface area contributed by atoms with Gasteiger partial charge in [-0.15, -0.1) is 0 Å². The summed E-state index contributed by atoms with van der Waals surface area (Å²) in [6.45, 7) is 4.72. The van der Waals surface area contributed by atoms with Crippen LogP contribution in [0.3, 0.4) is 0 Å². The largest absolute Gasteiger partial charge is 0.493 e. The van der Waals surface area contributed by atoms with Gasteiger partial charge in [0.2, 0.25) is 0 Å². The highest BCUT2D eigenvalue weighted by Gasteiger charge is 2.03. The van der Waals surface area contributed by atoms with E-state index < -0.39 is 0 Å². The third kappa shape index (κ3) is 4.53. The molecule has 0 aromatic heterocycles. The third-order valence-corrected chi connectivity index (χ3v) is 2.12. The van der Waals surface area contributed by atoms with Crippen LogP contribution in [0.2, 0.25) is 0 Å². The van der Waals surface area contributed by atoms with Crippen molar-refractivity contribution in [2.45, 2.75) is 26.7 Å². The van der Waals surface area contributed by atoms with Gasteiger partial charge in [0, 0.05) is 0 Å². The Morgan fingerprint density at radius 1 is 1.06 bits per heavy atom. The average Bonchev–Trinajstić information content (AvgIpc) is 2.38. The fraction of sp³-hybridized carbons (Fsp3) is 0.538. The second kappa shape index (κ2) is 9.04. The molecule has 0 spiro atoms. The second-order valence-electron chi connectivity index (χ2n) is 3.08. The predicted molar refractivity (Wildman–Crippen MR) is 68.3 cm³/mol. The number of methoxy groups -OCH3 is 2. The van der Waals surface area contributed by atoms with Gasteiger partial charge >= 0.3 is 0 Å². The number of ether oxygens (including phenoxy) is 2. The van der Waals surface area contributed by atoms with E-state index in [9.17, 15) is 0 Å². The molecular weight excluding hydrogens is 202 g/mol. The van der Waals surface area contributed by atoms with Crippen LogP contribution in [0.1, 0.15) is 25.8 Å². The van der Waals surface area contributed by atoms with Crippen molar-refractivity contribution >= 4 is 0 Å². The maximum absolute atomic E-state index is 5.45. The molecule has 2 N–H and O–H groups in total. The van der Waals surface area contributed by atoms with Crippen molar-refractivity contribution in [1.29, 1.82) is 0 Å². The average molecular weight is 225 g/mol. The molecule has 3 heteroatoms. The predicted octanol–water partition coefficient (Wildman–Crippen LogP) is 2.62. The molecule has 0 amide bonds. The van der Waals surface area contributed by atoms with Crippen molar-refractivity contribution in [3.05, 3.63) is 23.8 Å². The SMILES string of the molecule is CC.COc1ccc(CCCN)cc1OC. The van der Waals surface area contributed by atoms with Gasteiger partial charge in [-0.2, -0.15) is 0 Å². The Kier molecular flexibility index (Phi) is 8.35. The molecule has 1 aromatic rings. The van der Waals surface area contributed by atoms with Crippen LogP contribution in [0.4, 0.5) is 0 Å². The van der Waals surface area contributed by atoms with Crippen molar-refractivity contribution < 1.29 is 9.47 Å². The molecule has 0 bridgehead atoms. The summed E-state index contributed by atoms with van der Waals surface area (Å²) in [4.78, 5) is 0. The Bertz CT molecular complexity index is 287. The highest BCUT2D eigenvalue weighted by atomic mass is 16.5. The van der Waals surface area contributed by atoms with E-state index in [2.05, 4.69) is 0 Å². The zero-order valence-corrected chi connectivity index (χ0v) is 10.7. The zero-order chi connectivity index (χ0) is 12.4. The molecule has 3 nitrogen and oxygen atoms in total. The summed E-state index contributed by atoms with van der Waals surface area (Å²) < 4.78 is 10.3. The fourth-order valence-corrected chi connectivity index (χ4v) is 1.34. The van der Waals surface area contributed by atoms with E-state index in [1.165, 1.54) is 5.56 Å². The van der Waals surface area contributed by atoms with Crippen LogP contribution in [0.15, 0.2) is 18.2 Å². The number of benzene rings is 1. The number of hydrogen-bond acceptors (Lipinski definition) is 3. The Labute approximate surface area is 98.6 Å². The summed E-state index contributed by atoms with van der Waals surface area (Å²) in [6, 6.07) is 5.95. The summed E-state index contributed by atoms with van der Waals surface area (Å²) in [7, 11) is 3.28. The molecule has 0 aliphatic rings. The monoisotopic (exact) mass is 225 g/mol. The van der Waals surface area contributed by atoms with Crippen molar-refractivity contribution in [2.24, 2.45) is 5.73 Å². The Hall–Kier alpha value is -1.22. The minimum Gasteiger partial charge on any atom is -0.493 e. The number of aryl methyl sites for hydroxylation is 1. The maximum atomic E-state index is 5.45. The van der Waals surface area contributed by atoms with Gasteiger partial charge in [-0.25, -0.2) is 0 Å². The number of rotatable bonds is 5. The van der Waals surface area contributed by atoms with Gasteiger partial charge in [-0.05, 0) is 37.1 Å². The molecule has 0 unspecified atom stereocenters. The molecule has 0 heterocycles. The van der Waals surface area contributed by atoms with Crippen molar-refractivity contribution in [3.63, 3.8) is 0 Å². The first kappa shape index (κ1) is 14.8. The van der Waals surface area contributed by atoms with Gasteiger partial charge in [-0.1, -0.05) is 19.9 Å². The van der Waals surface area contributed by atoms with E-state index in [0.29, 0.717) is 6.54 Å². The molecule has 1 aromatic carbocycles. The van der Waals surface area contributed by atoms with Crippen LogP contribution in [0, 0.1) is 0 Å². The first-order chi connectivity index (χ1) is 7.81. The quantitative estimate of drug-likeness (QED) is 0.837. The highest BCUT2D eigenvalue weighted by Crippen LogP contribution is 2.27. The lowest BCUT2D eigenvalue weighted by Crippen LogP contribution is -2.00. The zero-order valence-electron chi connectivity index (χ0n) is 10.7.